The zero-order chi connectivity index (χ0) is 36.5. The lowest BCUT2D eigenvalue weighted by Gasteiger charge is -2.39. The largest absolute Gasteiger partial charge is 0.457 e. The van der Waals surface area contributed by atoms with Gasteiger partial charge in [-0.15, -0.1) is 0 Å². The van der Waals surface area contributed by atoms with Crippen LogP contribution < -0.4 is 0 Å². The molecule has 0 bridgehead atoms. The van der Waals surface area contributed by atoms with E-state index in [4.69, 9.17) is 18.9 Å². The first kappa shape index (κ1) is 47.0. The Morgan fingerprint density at radius 1 is 0.620 bits per heavy atom. The number of carbonyl (C=O) groups excluding carboxylic acids is 1. The predicted molar refractivity (Wildman–Crippen MR) is 201 cm³/mol. The Bertz CT molecular complexity index is 777. The number of aliphatic hydroxyl groups is 4. The van der Waals surface area contributed by atoms with E-state index in [1.807, 2.05) is 6.92 Å². The SMILES string of the molecule is CCCCCCCCCC/C=C\CCCCCCCCCCCCCCCCOCC(COC1OC(CO)C(O)C(O)C1O)OC(=O)CCC. The Kier molecular flexibility index (Phi) is 31.7. The first-order valence-electron chi connectivity index (χ1n) is 20.8. The van der Waals surface area contributed by atoms with E-state index in [1.54, 1.807) is 0 Å². The van der Waals surface area contributed by atoms with E-state index < -0.39 is 43.4 Å². The molecule has 6 atom stereocenters. The number of ether oxygens (including phenoxy) is 4. The second-order valence-electron chi connectivity index (χ2n) is 14.4. The van der Waals surface area contributed by atoms with Gasteiger partial charge in [-0.3, -0.25) is 4.79 Å². The molecule has 1 aliphatic heterocycles. The summed E-state index contributed by atoms with van der Waals surface area (Å²) in [6.07, 6.45) is 30.0. The van der Waals surface area contributed by atoms with E-state index in [9.17, 15) is 25.2 Å². The first-order chi connectivity index (χ1) is 24.4. The van der Waals surface area contributed by atoms with Gasteiger partial charge in [0.05, 0.1) is 19.8 Å². The Morgan fingerprint density at radius 3 is 1.58 bits per heavy atom. The molecule has 0 radical (unpaired) electrons. The van der Waals surface area contributed by atoms with E-state index in [2.05, 4.69) is 19.1 Å². The zero-order valence-corrected chi connectivity index (χ0v) is 32.2. The van der Waals surface area contributed by atoms with Gasteiger partial charge in [0, 0.05) is 13.0 Å². The Morgan fingerprint density at radius 2 is 1.10 bits per heavy atom. The van der Waals surface area contributed by atoms with Crippen LogP contribution in [0.5, 0.6) is 0 Å². The van der Waals surface area contributed by atoms with Crippen LogP contribution in [-0.2, 0) is 23.7 Å². The lowest BCUT2D eigenvalue weighted by molar-refractivity contribution is -0.305. The number of rotatable bonds is 35. The fraction of sp³-hybridized carbons (Fsp3) is 0.927. The van der Waals surface area contributed by atoms with E-state index in [0.29, 0.717) is 13.0 Å². The molecule has 0 aromatic heterocycles. The van der Waals surface area contributed by atoms with Crippen molar-refractivity contribution in [1.82, 2.24) is 0 Å². The van der Waals surface area contributed by atoms with E-state index in [0.717, 1.165) is 12.8 Å². The molecule has 1 aliphatic rings. The highest BCUT2D eigenvalue weighted by molar-refractivity contribution is 5.69. The van der Waals surface area contributed by atoms with Gasteiger partial charge in [0.25, 0.3) is 0 Å². The fourth-order valence-electron chi connectivity index (χ4n) is 6.41. The van der Waals surface area contributed by atoms with Gasteiger partial charge in [-0.1, -0.05) is 148 Å². The minimum Gasteiger partial charge on any atom is -0.457 e. The zero-order valence-electron chi connectivity index (χ0n) is 32.2. The molecule has 4 N–H and O–H groups in total. The molecule has 0 aliphatic carbocycles. The van der Waals surface area contributed by atoms with Crippen LogP contribution in [0.2, 0.25) is 0 Å². The second-order valence-corrected chi connectivity index (χ2v) is 14.4. The van der Waals surface area contributed by atoms with Gasteiger partial charge >= 0.3 is 5.97 Å². The third-order valence-corrected chi connectivity index (χ3v) is 9.65. The van der Waals surface area contributed by atoms with Crippen molar-refractivity contribution in [3.63, 3.8) is 0 Å². The highest BCUT2D eigenvalue weighted by Gasteiger charge is 2.44. The maximum atomic E-state index is 12.1. The molecule has 6 unspecified atom stereocenters. The van der Waals surface area contributed by atoms with Crippen LogP contribution in [0.1, 0.15) is 181 Å². The topological polar surface area (TPSA) is 135 Å². The molecular weight excluding hydrogens is 636 g/mol. The van der Waals surface area contributed by atoms with E-state index in [1.165, 1.54) is 141 Å². The summed E-state index contributed by atoms with van der Waals surface area (Å²) in [6.45, 7) is 4.21. The molecule has 1 rings (SSSR count). The number of hydrogen-bond donors (Lipinski definition) is 4. The van der Waals surface area contributed by atoms with Gasteiger partial charge in [-0.2, -0.15) is 0 Å². The highest BCUT2D eigenvalue weighted by atomic mass is 16.7. The molecule has 0 aromatic rings. The van der Waals surface area contributed by atoms with Gasteiger partial charge in [0.15, 0.2) is 6.29 Å². The van der Waals surface area contributed by atoms with Crippen molar-refractivity contribution >= 4 is 5.97 Å². The molecule has 9 heteroatoms. The van der Waals surface area contributed by atoms with Crippen molar-refractivity contribution in [3.8, 4) is 0 Å². The Hall–Kier alpha value is -1.07. The van der Waals surface area contributed by atoms with Crippen molar-refractivity contribution in [2.75, 3.05) is 26.4 Å². The van der Waals surface area contributed by atoms with E-state index >= 15 is 0 Å². The fourth-order valence-corrected chi connectivity index (χ4v) is 6.41. The molecule has 0 aromatic carbocycles. The molecule has 50 heavy (non-hydrogen) atoms. The molecule has 0 spiro atoms. The van der Waals surface area contributed by atoms with Crippen LogP contribution in [-0.4, -0.2) is 89.6 Å². The quantitative estimate of drug-likeness (QED) is 0.0290. The third-order valence-electron chi connectivity index (χ3n) is 9.65. The molecule has 296 valence electrons. The molecule has 1 saturated heterocycles. The summed E-state index contributed by atoms with van der Waals surface area (Å²) in [5.41, 5.74) is 0. The van der Waals surface area contributed by atoms with E-state index in [-0.39, 0.29) is 25.6 Å². The normalized spacial score (nSPS) is 21.6. The molecule has 0 saturated carbocycles. The van der Waals surface area contributed by atoms with Gasteiger partial charge in [0.2, 0.25) is 0 Å². The van der Waals surface area contributed by atoms with Gasteiger partial charge in [0.1, 0.15) is 30.5 Å². The average Bonchev–Trinajstić information content (AvgIpc) is 3.11. The number of allylic oxidation sites excluding steroid dienone is 2. The Balaban J connectivity index is 1.95. The molecule has 1 heterocycles. The number of hydrogen-bond acceptors (Lipinski definition) is 9. The van der Waals surface area contributed by atoms with Crippen LogP contribution in [0, 0.1) is 0 Å². The number of esters is 1. The lowest BCUT2D eigenvalue weighted by atomic mass is 9.99. The summed E-state index contributed by atoms with van der Waals surface area (Å²) in [5, 5.41) is 39.5. The van der Waals surface area contributed by atoms with Crippen LogP contribution in [0.3, 0.4) is 0 Å². The summed E-state index contributed by atoms with van der Waals surface area (Å²) in [6, 6.07) is 0. The van der Waals surface area contributed by atoms with Crippen LogP contribution in [0.15, 0.2) is 12.2 Å². The molecule has 0 amide bonds. The number of aliphatic hydroxyl groups excluding tert-OH is 4. The maximum absolute atomic E-state index is 12.1. The third kappa shape index (κ3) is 25.0. The maximum Gasteiger partial charge on any atom is 0.306 e. The lowest BCUT2D eigenvalue weighted by Crippen LogP contribution is -2.59. The minimum atomic E-state index is -1.53. The van der Waals surface area contributed by atoms with Crippen molar-refractivity contribution in [2.24, 2.45) is 0 Å². The predicted octanol–water partition coefficient (Wildman–Crippen LogP) is 8.47. The summed E-state index contributed by atoms with van der Waals surface area (Å²) in [5.74, 6) is -0.364. The van der Waals surface area contributed by atoms with Crippen LogP contribution in [0.4, 0.5) is 0 Å². The second kappa shape index (κ2) is 33.7. The molecule has 1 fully saturated rings. The standard InChI is InChI=1S/C41H78O9/c1-3-5-6-7-8-9-10-11-12-13-14-15-16-17-18-19-20-21-22-23-24-25-26-27-28-29-31-47-33-35(49-37(43)30-4-2)34-48-41-40(46)39(45)38(44)36(32-42)50-41/h13-14,35-36,38-42,44-46H,3-12,15-34H2,1-2H3/b14-13-. The van der Waals surface area contributed by atoms with Gasteiger partial charge in [-0.05, 0) is 38.5 Å². The van der Waals surface area contributed by atoms with Gasteiger partial charge < -0.3 is 39.4 Å². The average molecular weight is 715 g/mol. The summed E-state index contributed by atoms with van der Waals surface area (Å²) < 4.78 is 22.2. The number of carbonyl (C=O) groups is 1. The monoisotopic (exact) mass is 715 g/mol. The van der Waals surface area contributed by atoms with Crippen LogP contribution in [0.25, 0.3) is 0 Å². The van der Waals surface area contributed by atoms with Crippen molar-refractivity contribution in [1.29, 1.82) is 0 Å². The smallest absolute Gasteiger partial charge is 0.306 e. The summed E-state index contributed by atoms with van der Waals surface area (Å²) >= 11 is 0. The summed E-state index contributed by atoms with van der Waals surface area (Å²) in [4.78, 5) is 12.1. The minimum absolute atomic E-state index is 0.116. The van der Waals surface area contributed by atoms with Crippen LogP contribution >= 0.6 is 0 Å². The first-order valence-corrected chi connectivity index (χ1v) is 20.8. The highest BCUT2D eigenvalue weighted by Crippen LogP contribution is 2.22. The molecule has 9 nitrogen and oxygen atoms in total. The Labute approximate surface area is 305 Å². The van der Waals surface area contributed by atoms with Crippen molar-refractivity contribution in [3.05, 3.63) is 12.2 Å². The van der Waals surface area contributed by atoms with Gasteiger partial charge in [-0.25, -0.2) is 0 Å². The molecular formula is C41H78O9. The number of unbranched alkanes of at least 4 members (excludes halogenated alkanes) is 22. The van der Waals surface area contributed by atoms with Crippen molar-refractivity contribution < 1.29 is 44.2 Å². The summed E-state index contributed by atoms with van der Waals surface area (Å²) in [7, 11) is 0. The van der Waals surface area contributed by atoms with Crippen molar-refractivity contribution in [2.45, 2.75) is 218 Å².